The molecule has 1 unspecified atom stereocenters. The van der Waals surface area contributed by atoms with Gasteiger partial charge in [-0.05, 0) is 31.2 Å². The predicted octanol–water partition coefficient (Wildman–Crippen LogP) is 3.76. The molecule has 21 heavy (non-hydrogen) atoms. The summed E-state index contributed by atoms with van der Waals surface area (Å²) in [5, 5.41) is 7.81. The normalized spacial score (nSPS) is 22.8. The monoisotopic (exact) mass is 306 g/mol. The lowest BCUT2D eigenvalue weighted by atomic mass is 9.80. The summed E-state index contributed by atoms with van der Waals surface area (Å²) in [4.78, 5) is 0. The van der Waals surface area contributed by atoms with Gasteiger partial charge in [0.15, 0.2) is 0 Å². The second kappa shape index (κ2) is 6.58. The first kappa shape index (κ1) is 14.5. The van der Waals surface area contributed by atoms with Crippen LogP contribution in [0.2, 0.25) is 0 Å². The summed E-state index contributed by atoms with van der Waals surface area (Å²) in [5.74, 6) is 1.73. The first-order valence-electron chi connectivity index (χ1n) is 7.39. The molecule has 1 saturated carbocycles. The molecule has 0 spiro atoms. The zero-order valence-electron chi connectivity index (χ0n) is 12.0. The van der Waals surface area contributed by atoms with Crippen LogP contribution in [0.15, 0.2) is 34.7 Å². The number of alkyl halides is 1. The van der Waals surface area contributed by atoms with Crippen LogP contribution in [0.25, 0.3) is 0 Å². The Balaban J connectivity index is 1.57. The smallest absolute Gasteiger partial charge is 0.238 e. The largest absolute Gasteiger partial charge is 0.423 e. The maximum atomic E-state index is 6.38. The lowest BCUT2D eigenvalue weighted by molar-refractivity contribution is -0.0255. The van der Waals surface area contributed by atoms with Gasteiger partial charge >= 0.3 is 0 Å². The van der Waals surface area contributed by atoms with Gasteiger partial charge in [0.1, 0.15) is 5.38 Å². The van der Waals surface area contributed by atoms with Crippen molar-refractivity contribution in [1.82, 2.24) is 10.2 Å². The van der Waals surface area contributed by atoms with Gasteiger partial charge in [-0.3, -0.25) is 0 Å². The molecule has 4 nitrogen and oxygen atoms in total. The third-order valence-electron chi connectivity index (χ3n) is 3.85. The van der Waals surface area contributed by atoms with Crippen LogP contribution >= 0.6 is 11.6 Å². The van der Waals surface area contributed by atoms with E-state index in [9.17, 15) is 0 Å². The fourth-order valence-electron chi connectivity index (χ4n) is 2.68. The Labute approximate surface area is 129 Å². The van der Waals surface area contributed by atoms with E-state index in [-0.39, 0.29) is 5.38 Å². The van der Waals surface area contributed by atoms with Crippen LogP contribution in [0, 0.1) is 5.92 Å². The van der Waals surface area contributed by atoms with Crippen LogP contribution < -0.4 is 0 Å². The minimum Gasteiger partial charge on any atom is -0.423 e. The van der Waals surface area contributed by atoms with Crippen molar-refractivity contribution >= 4 is 11.6 Å². The summed E-state index contributed by atoms with van der Waals surface area (Å²) in [6.45, 7) is 2.81. The fourth-order valence-corrected chi connectivity index (χ4v) is 2.91. The maximum Gasteiger partial charge on any atom is 0.238 e. The molecule has 1 aliphatic carbocycles. The Morgan fingerprint density at radius 3 is 2.76 bits per heavy atom. The number of aromatic nitrogens is 2. The van der Waals surface area contributed by atoms with Crippen LogP contribution in [0.4, 0.5) is 0 Å². The Kier molecular flexibility index (Phi) is 4.56. The molecule has 0 bridgehead atoms. The van der Waals surface area contributed by atoms with E-state index in [0.29, 0.717) is 23.8 Å². The van der Waals surface area contributed by atoms with Crippen molar-refractivity contribution in [2.75, 3.05) is 6.61 Å². The summed E-state index contributed by atoms with van der Waals surface area (Å²) in [6.07, 6.45) is 3.38. The lowest BCUT2D eigenvalue weighted by Crippen LogP contribution is -2.32. The molecular formula is C16H19ClN2O2. The molecule has 2 aromatic rings. The zero-order chi connectivity index (χ0) is 14.7. The van der Waals surface area contributed by atoms with E-state index in [1.165, 1.54) is 0 Å². The molecule has 1 fully saturated rings. The van der Waals surface area contributed by atoms with Gasteiger partial charge in [-0.2, -0.15) is 0 Å². The van der Waals surface area contributed by atoms with Crippen molar-refractivity contribution in [2.45, 2.75) is 37.7 Å². The Hall–Kier alpha value is -1.39. The molecule has 0 aliphatic heterocycles. The van der Waals surface area contributed by atoms with Crippen molar-refractivity contribution in [2.24, 2.45) is 5.92 Å². The Bertz CT molecular complexity index is 567. The Morgan fingerprint density at radius 2 is 2.05 bits per heavy atom. The van der Waals surface area contributed by atoms with Crippen molar-refractivity contribution in [1.29, 1.82) is 0 Å². The summed E-state index contributed by atoms with van der Waals surface area (Å²) in [6, 6.07) is 9.77. The number of ether oxygens (including phenoxy) is 1. The van der Waals surface area contributed by atoms with E-state index < -0.39 is 0 Å². The second-order valence-corrected chi connectivity index (χ2v) is 5.86. The number of hydrogen-bond acceptors (Lipinski definition) is 4. The molecule has 1 atom stereocenters. The van der Waals surface area contributed by atoms with Gasteiger partial charge in [0.2, 0.25) is 11.8 Å². The van der Waals surface area contributed by atoms with Crippen LogP contribution in [0.5, 0.6) is 0 Å². The minimum absolute atomic E-state index is 0.384. The van der Waals surface area contributed by atoms with E-state index in [1.807, 2.05) is 37.3 Å². The third-order valence-corrected chi connectivity index (χ3v) is 4.29. The summed E-state index contributed by atoms with van der Waals surface area (Å²) in [5.41, 5.74) is 0.967. The minimum atomic E-state index is -0.384. The van der Waals surface area contributed by atoms with Gasteiger partial charge in [0, 0.05) is 13.0 Å². The standard InChI is InChI=1S/C16H19ClN2O2/c1-2-20-13-8-11(9-13)10-14-18-19-16(21-14)15(17)12-6-4-3-5-7-12/h3-7,11,13,15H,2,8-10H2,1H3. The zero-order valence-corrected chi connectivity index (χ0v) is 12.8. The van der Waals surface area contributed by atoms with Gasteiger partial charge in [-0.1, -0.05) is 30.3 Å². The summed E-state index contributed by atoms with van der Waals surface area (Å²) in [7, 11) is 0. The number of benzene rings is 1. The molecule has 5 heteroatoms. The topological polar surface area (TPSA) is 48.2 Å². The molecule has 1 aromatic carbocycles. The van der Waals surface area contributed by atoms with Gasteiger partial charge in [-0.25, -0.2) is 0 Å². The third kappa shape index (κ3) is 3.44. The molecule has 0 N–H and O–H groups in total. The van der Waals surface area contributed by atoms with E-state index >= 15 is 0 Å². The van der Waals surface area contributed by atoms with Gasteiger partial charge < -0.3 is 9.15 Å². The average molecular weight is 307 g/mol. The van der Waals surface area contributed by atoms with E-state index in [0.717, 1.165) is 31.4 Å². The van der Waals surface area contributed by atoms with E-state index in [2.05, 4.69) is 10.2 Å². The highest BCUT2D eigenvalue weighted by atomic mass is 35.5. The number of nitrogens with zero attached hydrogens (tertiary/aromatic N) is 2. The highest BCUT2D eigenvalue weighted by Gasteiger charge is 2.31. The molecule has 1 aromatic heterocycles. The van der Waals surface area contributed by atoms with Gasteiger partial charge in [0.25, 0.3) is 0 Å². The van der Waals surface area contributed by atoms with Crippen LogP contribution in [-0.4, -0.2) is 22.9 Å². The number of halogens is 1. The molecule has 0 amide bonds. The van der Waals surface area contributed by atoms with E-state index in [1.54, 1.807) is 0 Å². The molecule has 3 rings (SSSR count). The van der Waals surface area contributed by atoms with Crippen molar-refractivity contribution < 1.29 is 9.15 Å². The average Bonchev–Trinajstić information content (AvgIpc) is 2.94. The van der Waals surface area contributed by atoms with Crippen molar-refractivity contribution in [3.63, 3.8) is 0 Å². The Morgan fingerprint density at radius 1 is 1.29 bits per heavy atom. The first-order valence-corrected chi connectivity index (χ1v) is 7.82. The maximum absolute atomic E-state index is 6.38. The molecule has 0 radical (unpaired) electrons. The SMILES string of the molecule is CCOC1CC(Cc2nnc(C(Cl)c3ccccc3)o2)C1. The van der Waals surface area contributed by atoms with Gasteiger partial charge in [-0.15, -0.1) is 21.8 Å². The van der Waals surface area contributed by atoms with Crippen LogP contribution in [0.3, 0.4) is 0 Å². The molecule has 0 saturated heterocycles. The highest BCUT2D eigenvalue weighted by molar-refractivity contribution is 6.22. The molecular weight excluding hydrogens is 288 g/mol. The second-order valence-electron chi connectivity index (χ2n) is 5.43. The number of rotatable bonds is 6. The lowest BCUT2D eigenvalue weighted by Gasteiger charge is -2.34. The summed E-state index contributed by atoms with van der Waals surface area (Å²) >= 11 is 6.38. The van der Waals surface area contributed by atoms with Gasteiger partial charge in [0.05, 0.1) is 6.10 Å². The fraction of sp³-hybridized carbons (Fsp3) is 0.500. The molecule has 112 valence electrons. The van der Waals surface area contributed by atoms with E-state index in [4.69, 9.17) is 20.8 Å². The number of hydrogen-bond donors (Lipinski definition) is 0. The first-order chi connectivity index (χ1) is 10.3. The van der Waals surface area contributed by atoms with Crippen LogP contribution in [-0.2, 0) is 11.2 Å². The highest BCUT2D eigenvalue weighted by Crippen LogP contribution is 2.33. The van der Waals surface area contributed by atoms with Crippen molar-refractivity contribution in [3.8, 4) is 0 Å². The van der Waals surface area contributed by atoms with Crippen LogP contribution in [0.1, 0.15) is 42.5 Å². The predicted molar refractivity (Wildman–Crippen MR) is 80.3 cm³/mol. The molecule has 1 heterocycles. The van der Waals surface area contributed by atoms with Crippen molar-refractivity contribution in [3.05, 3.63) is 47.7 Å². The summed E-state index contributed by atoms with van der Waals surface area (Å²) < 4.78 is 11.3. The molecule has 1 aliphatic rings. The quantitative estimate of drug-likeness (QED) is 0.763.